The second-order valence-electron chi connectivity index (χ2n) is 14.1. The van der Waals surface area contributed by atoms with Crippen LogP contribution in [0.5, 0.6) is 0 Å². The quantitative estimate of drug-likeness (QED) is 0.169. The van der Waals surface area contributed by atoms with Crippen molar-refractivity contribution in [1.82, 2.24) is 9.97 Å². The largest absolute Gasteiger partial charge is 0.228 e. The fourth-order valence-electron chi connectivity index (χ4n) is 8.00. The molecule has 262 valence electrons. The van der Waals surface area contributed by atoms with Crippen LogP contribution in [-0.4, -0.2) is 9.97 Å². The Labute approximate surface area is 332 Å². The fourth-order valence-corrected chi connectivity index (χ4v) is 10.3. The third-order valence-corrected chi connectivity index (χ3v) is 13.1. The van der Waals surface area contributed by atoms with E-state index < -0.39 is 0 Å². The van der Waals surface area contributed by atoms with E-state index in [0.29, 0.717) is 5.82 Å². The predicted molar refractivity (Wildman–Crippen MR) is 240 cm³/mol. The van der Waals surface area contributed by atoms with Gasteiger partial charge in [-0.2, -0.15) is 0 Å². The number of rotatable bonds is 6. The maximum atomic E-state index is 5.33. The van der Waals surface area contributed by atoms with Crippen molar-refractivity contribution in [2.45, 2.75) is 0 Å². The van der Waals surface area contributed by atoms with Crippen molar-refractivity contribution in [2.24, 2.45) is 0 Å². The van der Waals surface area contributed by atoms with E-state index in [1.165, 1.54) is 57.0 Å². The molecule has 0 spiro atoms. The number of thiophene rings is 2. The summed E-state index contributed by atoms with van der Waals surface area (Å²) in [5.74, 6) is 0.699. The van der Waals surface area contributed by atoms with Crippen LogP contribution in [-0.2, 0) is 0 Å². The molecule has 8 aromatic carbocycles. The van der Waals surface area contributed by atoms with Crippen LogP contribution in [0.25, 0.3) is 108 Å². The van der Waals surface area contributed by atoms with Gasteiger partial charge in [-0.3, -0.25) is 0 Å². The van der Waals surface area contributed by atoms with Gasteiger partial charge in [-0.05, 0) is 81.9 Å². The highest BCUT2D eigenvalue weighted by molar-refractivity contribution is 7.26. The normalized spacial score (nSPS) is 11.6. The van der Waals surface area contributed by atoms with Crippen molar-refractivity contribution < 1.29 is 0 Å². The Balaban J connectivity index is 1.13. The van der Waals surface area contributed by atoms with Gasteiger partial charge in [0.2, 0.25) is 0 Å². The number of nitrogens with zero attached hydrogens (tertiary/aromatic N) is 2. The second-order valence-corrected chi connectivity index (χ2v) is 16.3. The number of hydrogen-bond donors (Lipinski definition) is 0. The zero-order valence-electron chi connectivity index (χ0n) is 30.2. The molecule has 0 atom stereocenters. The summed E-state index contributed by atoms with van der Waals surface area (Å²) in [7, 11) is 0. The lowest BCUT2D eigenvalue weighted by atomic mass is 9.93. The minimum absolute atomic E-state index is 0.699. The van der Waals surface area contributed by atoms with Gasteiger partial charge in [-0.1, -0.05) is 146 Å². The molecule has 0 bridgehead atoms. The van der Waals surface area contributed by atoms with E-state index in [0.717, 1.165) is 44.8 Å². The Morgan fingerprint density at radius 1 is 0.286 bits per heavy atom. The number of aromatic nitrogens is 2. The molecule has 3 aromatic heterocycles. The van der Waals surface area contributed by atoms with E-state index in [1.807, 2.05) is 28.7 Å². The van der Waals surface area contributed by atoms with Crippen molar-refractivity contribution >= 4 is 63.0 Å². The molecular weight excluding hydrogens is 717 g/mol. The van der Waals surface area contributed by atoms with Gasteiger partial charge >= 0.3 is 0 Å². The van der Waals surface area contributed by atoms with Crippen molar-refractivity contribution in [2.75, 3.05) is 0 Å². The molecule has 0 aliphatic heterocycles. The maximum absolute atomic E-state index is 5.33. The summed E-state index contributed by atoms with van der Waals surface area (Å²) in [4.78, 5) is 10.6. The highest BCUT2D eigenvalue weighted by atomic mass is 32.1. The van der Waals surface area contributed by atoms with Gasteiger partial charge in [0.25, 0.3) is 0 Å². The third-order valence-electron chi connectivity index (χ3n) is 10.7. The smallest absolute Gasteiger partial charge is 0.160 e. The van der Waals surface area contributed by atoms with Gasteiger partial charge in [0.05, 0.1) is 11.4 Å². The SMILES string of the molecule is c1ccc(-c2cc(-c3cc(-c4ccccc4-c4ccc5sc6ccccc6c5c4)nc(-c4ccccc4)n3)cc(-c3cccc4c3sc3ccccc34)c2)cc1. The van der Waals surface area contributed by atoms with Crippen LogP contribution in [0.4, 0.5) is 0 Å². The van der Waals surface area contributed by atoms with E-state index in [1.54, 1.807) is 0 Å². The summed E-state index contributed by atoms with van der Waals surface area (Å²) in [6.07, 6.45) is 0. The topological polar surface area (TPSA) is 25.8 Å². The van der Waals surface area contributed by atoms with Gasteiger partial charge in [0.15, 0.2) is 5.82 Å². The summed E-state index contributed by atoms with van der Waals surface area (Å²) in [6.45, 7) is 0. The molecule has 0 saturated heterocycles. The molecule has 3 heterocycles. The van der Waals surface area contributed by atoms with Gasteiger partial charge in [-0.15, -0.1) is 22.7 Å². The van der Waals surface area contributed by atoms with Crippen molar-refractivity contribution in [1.29, 1.82) is 0 Å². The first-order chi connectivity index (χ1) is 27.7. The van der Waals surface area contributed by atoms with E-state index in [4.69, 9.17) is 9.97 Å². The first-order valence-corrected chi connectivity index (χ1v) is 20.4. The summed E-state index contributed by atoms with van der Waals surface area (Å²) in [6, 6.07) is 69.7. The van der Waals surface area contributed by atoms with Gasteiger partial charge in [-0.25, -0.2) is 9.97 Å². The first-order valence-electron chi connectivity index (χ1n) is 18.8. The van der Waals surface area contributed by atoms with Crippen LogP contribution in [0.3, 0.4) is 0 Å². The zero-order chi connectivity index (χ0) is 37.0. The standard InChI is InChI=1S/C52H32N2S2/c1-3-14-33(15-4-1)36-28-37(40-22-13-23-44-42-20-9-12-25-49(42)56-51(40)44)30-38(29-36)46-32-47(54-52(53-46)34-16-5-2-6-17-34)41-19-8-7-18-39(41)35-26-27-50-45(31-35)43-21-10-11-24-48(43)55-50/h1-32H. The Kier molecular flexibility index (Phi) is 7.90. The summed E-state index contributed by atoms with van der Waals surface area (Å²) < 4.78 is 5.19. The third kappa shape index (κ3) is 5.70. The average molecular weight is 749 g/mol. The average Bonchev–Trinajstić information content (AvgIpc) is 3.85. The molecule has 4 heteroatoms. The Bertz CT molecular complexity index is 3250. The number of hydrogen-bond acceptors (Lipinski definition) is 4. The van der Waals surface area contributed by atoms with Crippen LogP contribution in [0.1, 0.15) is 0 Å². The molecule has 0 amide bonds. The molecule has 0 fully saturated rings. The summed E-state index contributed by atoms with van der Waals surface area (Å²) in [5, 5.41) is 5.16. The minimum atomic E-state index is 0.699. The first kappa shape index (κ1) is 32.7. The summed E-state index contributed by atoms with van der Waals surface area (Å²) >= 11 is 3.71. The molecule has 11 rings (SSSR count). The molecule has 0 aliphatic rings. The van der Waals surface area contributed by atoms with Gasteiger partial charge < -0.3 is 0 Å². The predicted octanol–water partition coefficient (Wildman–Crippen LogP) is 15.2. The zero-order valence-corrected chi connectivity index (χ0v) is 31.8. The summed E-state index contributed by atoms with van der Waals surface area (Å²) in [5.41, 5.74) is 11.9. The van der Waals surface area contributed by atoms with Crippen molar-refractivity contribution in [3.63, 3.8) is 0 Å². The fraction of sp³-hybridized carbons (Fsp3) is 0. The second kappa shape index (κ2) is 13.5. The molecular formula is C52H32N2S2. The van der Waals surface area contributed by atoms with Gasteiger partial charge in [0, 0.05) is 57.0 Å². The van der Waals surface area contributed by atoms with E-state index in [2.05, 4.69) is 188 Å². The molecule has 0 aliphatic carbocycles. The number of benzene rings is 8. The molecule has 0 radical (unpaired) electrons. The van der Waals surface area contributed by atoms with Crippen molar-refractivity contribution in [3.8, 4) is 67.3 Å². The highest BCUT2D eigenvalue weighted by Gasteiger charge is 2.18. The Hall–Kier alpha value is -6.72. The molecule has 0 unspecified atom stereocenters. The lowest BCUT2D eigenvalue weighted by molar-refractivity contribution is 1.18. The van der Waals surface area contributed by atoms with Crippen molar-refractivity contribution in [3.05, 3.63) is 194 Å². The molecule has 11 aromatic rings. The van der Waals surface area contributed by atoms with Crippen LogP contribution in [0, 0.1) is 0 Å². The maximum Gasteiger partial charge on any atom is 0.160 e. The Morgan fingerprint density at radius 2 is 0.857 bits per heavy atom. The molecule has 0 N–H and O–H groups in total. The van der Waals surface area contributed by atoms with Crippen LogP contribution < -0.4 is 0 Å². The monoisotopic (exact) mass is 748 g/mol. The number of fused-ring (bicyclic) bond motifs is 6. The lowest BCUT2D eigenvalue weighted by Crippen LogP contribution is -1.97. The van der Waals surface area contributed by atoms with Crippen LogP contribution >= 0.6 is 22.7 Å². The van der Waals surface area contributed by atoms with Gasteiger partial charge in [0.1, 0.15) is 0 Å². The van der Waals surface area contributed by atoms with Crippen LogP contribution in [0.15, 0.2) is 194 Å². The molecule has 56 heavy (non-hydrogen) atoms. The highest BCUT2D eigenvalue weighted by Crippen LogP contribution is 2.43. The minimum Gasteiger partial charge on any atom is -0.228 e. The molecule has 0 saturated carbocycles. The van der Waals surface area contributed by atoms with Crippen LogP contribution in [0.2, 0.25) is 0 Å². The van der Waals surface area contributed by atoms with E-state index in [9.17, 15) is 0 Å². The van der Waals surface area contributed by atoms with E-state index >= 15 is 0 Å². The lowest BCUT2D eigenvalue weighted by Gasteiger charge is -2.15. The molecule has 2 nitrogen and oxygen atoms in total. The van der Waals surface area contributed by atoms with E-state index in [-0.39, 0.29) is 0 Å². The Morgan fingerprint density at radius 3 is 1.66 bits per heavy atom.